The summed E-state index contributed by atoms with van der Waals surface area (Å²) in [6, 6.07) is 14.1. The molecule has 0 saturated carbocycles. The average molecular weight is 290 g/mol. The first-order chi connectivity index (χ1) is 10.6. The van der Waals surface area contributed by atoms with Gasteiger partial charge in [0.25, 0.3) is 0 Å². The van der Waals surface area contributed by atoms with E-state index in [0.29, 0.717) is 16.9 Å². The first-order valence-electron chi connectivity index (χ1n) is 6.80. The third kappa shape index (κ3) is 2.91. The van der Waals surface area contributed by atoms with E-state index in [1.807, 2.05) is 24.3 Å². The van der Waals surface area contributed by atoms with E-state index < -0.39 is 0 Å². The van der Waals surface area contributed by atoms with E-state index in [1.54, 1.807) is 24.3 Å². The summed E-state index contributed by atoms with van der Waals surface area (Å²) in [5.74, 6) is 0. The molecule has 2 aromatic carbocycles. The molecule has 2 amide bonds. The van der Waals surface area contributed by atoms with Crippen molar-refractivity contribution < 1.29 is 4.79 Å². The van der Waals surface area contributed by atoms with Crippen LogP contribution in [-0.4, -0.2) is 6.03 Å². The van der Waals surface area contributed by atoms with Crippen LogP contribution in [0.15, 0.2) is 54.7 Å². The van der Waals surface area contributed by atoms with Gasteiger partial charge in [-0.1, -0.05) is 12.6 Å². The number of benzene rings is 2. The van der Waals surface area contributed by atoms with Gasteiger partial charge in [0.2, 0.25) is 0 Å². The molecule has 5 nitrogen and oxygen atoms in total. The van der Waals surface area contributed by atoms with E-state index in [-0.39, 0.29) is 6.03 Å². The van der Waals surface area contributed by atoms with E-state index in [9.17, 15) is 4.79 Å². The van der Waals surface area contributed by atoms with Crippen LogP contribution in [0.3, 0.4) is 0 Å². The van der Waals surface area contributed by atoms with Gasteiger partial charge in [-0.3, -0.25) is 0 Å². The molecule has 0 radical (unpaired) electrons. The molecule has 0 unspecified atom stereocenters. The number of carbonyl (C=O) groups is 1. The monoisotopic (exact) mass is 290 g/mol. The van der Waals surface area contributed by atoms with Gasteiger partial charge in [0.1, 0.15) is 0 Å². The molecule has 0 aromatic heterocycles. The molecule has 0 atom stereocenters. The molecule has 1 aliphatic heterocycles. The highest BCUT2D eigenvalue weighted by Crippen LogP contribution is 2.29. The summed E-state index contributed by atoms with van der Waals surface area (Å²) in [6.07, 6.45) is 0.813. The first kappa shape index (κ1) is 13.7. The van der Waals surface area contributed by atoms with E-state index in [0.717, 1.165) is 17.8 Å². The van der Waals surface area contributed by atoms with Crippen molar-refractivity contribution in [1.82, 2.24) is 0 Å². The fourth-order valence-electron chi connectivity index (χ4n) is 2.31. The Morgan fingerprint density at radius 3 is 2.55 bits per heavy atom. The number of hydrogen-bond donors (Lipinski definition) is 3. The minimum Gasteiger partial charge on any atom is -0.359 e. The van der Waals surface area contributed by atoms with Gasteiger partial charge in [0.15, 0.2) is 0 Å². The maximum absolute atomic E-state index is 12.0. The Balaban J connectivity index is 1.66. The van der Waals surface area contributed by atoms with Crippen molar-refractivity contribution in [1.29, 1.82) is 5.26 Å². The van der Waals surface area contributed by atoms with Crippen LogP contribution in [0.1, 0.15) is 11.1 Å². The predicted molar refractivity (Wildman–Crippen MR) is 86.7 cm³/mol. The SMILES string of the molecule is C=C1Cc2ccc(NC(=O)Nc3ccc(C#N)cc3)cc2N1. The summed E-state index contributed by atoms with van der Waals surface area (Å²) >= 11 is 0. The summed E-state index contributed by atoms with van der Waals surface area (Å²) in [6.45, 7) is 3.90. The first-order valence-corrected chi connectivity index (χ1v) is 6.80. The highest BCUT2D eigenvalue weighted by Gasteiger charge is 2.13. The highest BCUT2D eigenvalue weighted by atomic mass is 16.2. The molecule has 5 heteroatoms. The van der Waals surface area contributed by atoms with E-state index >= 15 is 0 Å². The summed E-state index contributed by atoms with van der Waals surface area (Å²) in [5, 5.41) is 17.4. The lowest BCUT2D eigenvalue weighted by Crippen LogP contribution is -2.19. The number of rotatable bonds is 2. The lowest BCUT2D eigenvalue weighted by Gasteiger charge is -2.09. The molecule has 1 heterocycles. The molecule has 0 aliphatic carbocycles. The molecule has 3 N–H and O–H groups in total. The zero-order valence-corrected chi connectivity index (χ0v) is 11.8. The summed E-state index contributed by atoms with van der Waals surface area (Å²) in [5.41, 5.74) is 4.98. The normalized spacial score (nSPS) is 12.0. The predicted octanol–water partition coefficient (Wildman–Crippen LogP) is 3.68. The molecular formula is C17H14N4O. The molecular weight excluding hydrogens is 276 g/mol. The second-order valence-electron chi connectivity index (χ2n) is 5.05. The Kier molecular flexibility index (Phi) is 3.50. The number of allylic oxidation sites excluding steroid dienone is 1. The number of nitrogens with zero attached hydrogens (tertiary/aromatic N) is 1. The van der Waals surface area contributed by atoms with Crippen molar-refractivity contribution in [2.75, 3.05) is 16.0 Å². The molecule has 2 aromatic rings. The quantitative estimate of drug-likeness (QED) is 0.789. The van der Waals surface area contributed by atoms with Gasteiger partial charge >= 0.3 is 6.03 Å². The van der Waals surface area contributed by atoms with Crippen molar-refractivity contribution in [3.63, 3.8) is 0 Å². The minimum absolute atomic E-state index is 0.332. The molecule has 3 rings (SSSR count). The van der Waals surface area contributed by atoms with Crippen LogP contribution in [0, 0.1) is 11.3 Å². The Morgan fingerprint density at radius 2 is 1.82 bits per heavy atom. The van der Waals surface area contributed by atoms with Crippen LogP contribution in [0.25, 0.3) is 0 Å². The van der Waals surface area contributed by atoms with Crippen LogP contribution in [0.4, 0.5) is 21.9 Å². The largest absolute Gasteiger partial charge is 0.359 e. The smallest absolute Gasteiger partial charge is 0.323 e. The highest BCUT2D eigenvalue weighted by molar-refractivity contribution is 6.00. The molecule has 1 aliphatic rings. The second-order valence-corrected chi connectivity index (χ2v) is 5.05. The van der Waals surface area contributed by atoms with E-state index in [4.69, 9.17) is 5.26 Å². The number of anilines is 3. The topological polar surface area (TPSA) is 77.0 Å². The standard InChI is InChI=1S/C17H14N4O/c1-11-8-13-4-7-15(9-16(13)19-11)21-17(22)20-14-5-2-12(10-18)3-6-14/h2-7,9,19H,1,8H2,(H2,20,21,22). The number of urea groups is 1. The zero-order chi connectivity index (χ0) is 15.5. The lowest BCUT2D eigenvalue weighted by molar-refractivity contribution is 0.262. The second kappa shape index (κ2) is 5.62. The van der Waals surface area contributed by atoms with Crippen molar-refractivity contribution >= 4 is 23.1 Å². The van der Waals surface area contributed by atoms with E-state index in [2.05, 4.69) is 22.5 Å². The zero-order valence-electron chi connectivity index (χ0n) is 11.8. The fraction of sp³-hybridized carbons (Fsp3) is 0.0588. The van der Waals surface area contributed by atoms with Crippen LogP contribution < -0.4 is 16.0 Å². The third-order valence-electron chi connectivity index (χ3n) is 3.35. The Hall–Kier alpha value is -3.26. The van der Waals surface area contributed by atoms with Crippen molar-refractivity contribution in [3.05, 3.63) is 65.9 Å². The molecule has 0 fully saturated rings. The van der Waals surface area contributed by atoms with Gasteiger partial charge in [-0.15, -0.1) is 0 Å². The van der Waals surface area contributed by atoms with Crippen LogP contribution in [0.5, 0.6) is 0 Å². The Labute approximate surface area is 128 Å². The third-order valence-corrected chi connectivity index (χ3v) is 3.35. The van der Waals surface area contributed by atoms with Crippen molar-refractivity contribution in [3.8, 4) is 6.07 Å². The number of fused-ring (bicyclic) bond motifs is 1. The lowest BCUT2D eigenvalue weighted by atomic mass is 10.1. The summed E-state index contributed by atoms with van der Waals surface area (Å²) < 4.78 is 0. The number of nitriles is 1. The molecule has 0 spiro atoms. The van der Waals surface area contributed by atoms with Gasteiger partial charge < -0.3 is 16.0 Å². The summed E-state index contributed by atoms with van der Waals surface area (Å²) in [7, 11) is 0. The van der Waals surface area contributed by atoms with Gasteiger partial charge in [0.05, 0.1) is 11.6 Å². The molecule has 108 valence electrons. The molecule has 22 heavy (non-hydrogen) atoms. The average Bonchev–Trinajstić information content (AvgIpc) is 2.87. The maximum atomic E-state index is 12.0. The number of hydrogen-bond acceptors (Lipinski definition) is 3. The van der Waals surface area contributed by atoms with Crippen LogP contribution in [0.2, 0.25) is 0 Å². The van der Waals surface area contributed by atoms with E-state index in [1.165, 1.54) is 5.56 Å². The minimum atomic E-state index is -0.332. The van der Waals surface area contributed by atoms with Gasteiger partial charge in [-0.05, 0) is 42.0 Å². The molecule has 0 saturated heterocycles. The number of amides is 2. The van der Waals surface area contributed by atoms with Crippen molar-refractivity contribution in [2.45, 2.75) is 6.42 Å². The van der Waals surface area contributed by atoms with Gasteiger partial charge in [-0.2, -0.15) is 5.26 Å². The van der Waals surface area contributed by atoms with Crippen LogP contribution in [-0.2, 0) is 6.42 Å². The number of carbonyl (C=O) groups excluding carboxylic acids is 1. The van der Waals surface area contributed by atoms with Crippen LogP contribution >= 0.6 is 0 Å². The molecule has 0 bridgehead atoms. The Bertz CT molecular complexity index is 787. The number of nitrogens with one attached hydrogen (secondary N) is 3. The summed E-state index contributed by atoms with van der Waals surface area (Å²) in [4.78, 5) is 12.0. The van der Waals surface area contributed by atoms with Gasteiger partial charge in [0, 0.05) is 29.2 Å². The van der Waals surface area contributed by atoms with Gasteiger partial charge in [-0.25, -0.2) is 4.79 Å². The maximum Gasteiger partial charge on any atom is 0.323 e. The Morgan fingerprint density at radius 1 is 1.14 bits per heavy atom. The van der Waals surface area contributed by atoms with Crippen molar-refractivity contribution in [2.24, 2.45) is 0 Å². The fourth-order valence-corrected chi connectivity index (χ4v) is 2.31.